The van der Waals surface area contributed by atoms with Crippen LogP contribution < -0.4 is 5.73 Å². The van der Waals surface area contributed by atoms with Gasteiger partial charge in [0.15, 0.2) is 0 Å². The molecule has 17 heavy (non-hydrogen) atoms. The first-order chi connectivity index (χ1) is 7.70. The molecule has 0 unspecified atom stereocenters. The van der Waals surface area contributed by atoms with Crippen molar-refractivity contribution in [1.29, 1.82) is 0 Å². The average Bonchev–Trinajstić information content (AvgIpc) is 2.18. The lowest BCUT2D eigenvalue weighted by Gasteiger charge is -2.25. The van der Waals surface area contributed by atoms with E-state index in [1.54, 1.807) is 20.9 Å². The van der Waals surface area contributed by atoms with Gasteiger partial charge in [-0.05, 0) is 32.0 Å². The summed E-state index contributed by atoms with van der Waals surface area (Å²) in [5.74, 6) is -0.856. The number of hydrogen-bond acceptors (Lipinski definition) is 3. The smallest absolute Gasteiger partial charge is 0.253 e. The predicted molar refractivity (Wildman–Crippen MR) is 64.1 cm³/mol. The van der Waals surface area contributed by atoms with Crippen molar-refractivity contribution in [3.8, 4) is 0 Å². The Morgan fingerprint density at radius 3 is 2.59 bits per heavy atom. The molecule has 1 amide bonds. The number of hydrogen-bond donors (Lipinski definition) is 2. The monoisotopic (exact) mass is 240 g/mol. The minimum atomic E-state index is -0.976. The number of aliphatic hydroxyl groups is 1. The lowest BCUT2D eigenvalue weighted by atomic mass is 10.1. The third-order valence-corrected chi connectivity index (χ3v) is 2.21. The van der Waals surface area contributed by atoms with Crippen LogP contribution in [0.2, 0.25) is 0 Å². The van der Waals surface area contributed by atoms with E-state index in [9.17, 15) is 14.3 Å². The van der Waals surface area contributed by atoms with Crippen LogP contribution in [0.3, 0.4) is 0 Å². The summed E-state index contributed by atoms with van der Waals surface area (Å²) in [5, 5.41) is 9.60. The first-order valence-corrected chi connectivity index (χ1v) is 5.23. The Labute approximate surface area is 99.8 Å². The van der Waals surface area contributed by atoms with Crippen LogP contribution in [0.15, 0.2) is 18.2 Å². The summed E-state index contributed by atoms with van der Waals surface area (Å²) in [6.45, 7) is 3.40. The summed E-state index contributed by atoms with van der Waals surface area (Å²) < 4.78 is 12.9. The van der Waals surface area contributed by atoms with Gasteiger partial charge in [0.05, 0.1) is 11.3 Å². The molecule has 94 valence electrons. The molecule has 4 nitrogen and oxygen atoms in total. The van der Waals surface area contributed by atoms with Crippen molar-refractivity contribution in [3.63, 3.8) is 0 Å². The number of nitrogen functional groups attached to an aromatic ring is 1. The number of amides is 1. The van der Waals surface area contributed by atoms with E-state index in [0.29, 0.717) is 5.56 Å². The van der Waals surface area contributed by atoms with Crippen molar-refractivity contribution in [3.05, 3.63) is 29.6 Å². The third-order valence-electron chi connectivity index (χ3n) is 2.21. The quantitative estimate of drug-likeness (QED) is 0.781. The topological polar surface area (TPSA) is 66.6 Å². The van der Waals surface area contributed by atoms with E-state index < -0.39 is 11.4 Å². The molecular weight excluding hydrogens is 223 g/mol. The highest BCUT2D eigenvalue weighted by Gasteiger charge is 2.20. The Balaban J connectivity index is 2.85. The number of rotatable bonds is 3. The van der Waals surface area contributed by atoms with Gasteiger partial charge in [-0.15, -0.1) is 0 Å². The molecule has 0 radical (unpaired) electrons. The molecule has 1 rings (SSSR count). The third kappa shape index (κ3) is 3.71. The minimum Gasteiger partial charge on any atom is -0.396 e. The van der Waals surface area contributed by atoms with Gasteiger partial charge in [-0.1, -0.05) is 0 Å². The molecule has 0 saturated heterocycles. The molecular formula is C12H17FN2O2. The highest BCUT2D eigenvalue weighted by Crippen LogP contribution is 2.14. The van der Waals surface area contributed by atoms with Crippen LogP contribution >= 0.6 is 0 Å². The van der Waals surface area contributed by atoms with E-state index in [4.69, 9.17) is 5.73 Å². The standard InChI is InChI=1S/C12H17FN2O2/c1-12(2,17)7-15(3)11(16)8-4-5-9(13)10(14)6-8/h4-6,17H,7,14H2,1-3H3. The Hall–Kier alpha value is -1.62. The molecule has 0 aliphatic carbocycles. The first kappa shape index (κ1) is 13.4. The lowest BCUT2D eigenvalue weighted by Crippen LogP contribution is -2.39. The Bertz CT molecular complexity index is 427. The molecule has 0 saturated carbocycles. The second-order valence-electron chi connectivity index (χ2n) is 4.71. The molecule has 0 aliphatic heterocycles. The lowest BCUT2D eigenvalue weighted by molar-refractivity contribution is 0.0368. The van der Waals surface area contributed by atoms with Crippen LogP contribution in [0.5, 0.6) is 0 Å². The molecule has 5 heteroatoms. The van der Waals surface area contributed by atoms with Gasteiger partial charge < -0.3 is 15.7 Å². The van der Waals surface area contributed by atoms with Crippen LogP contribution in [-0.2, 0) is 0 Å². The fourth-order valence-electron chi connectivity index (χ4n) is 1.55. The van der Waals surface area contributed by atoms with Crippen molar-refractivity contribution >= 4 is 11.6 Å². The zero-order valence-electron chi connectivity index (χ0n) is 10.2. The molecule has 3 N–H and O–H groups in total. The molecule has 0 spiro atoms. The van der Waals surface area contributed by atoms with Crippen molar-refractivity contribution in [1.82, 2.24) is 4.90 Å². The van der Waals surface area contributed by atoms with Gasteiger partial charge in [0.2, 0.25) is 0 Å². The summed E-state index contributed by atoms with van der Waals surface area (Å²) >= 11 is 0. The van der Waals surface area contributed by atoms with E-state index in [0.717, 1.165) is 6.07 Å². The average molecular weight is 240 g/mol. The zero-order chi connectivity index (χ0) is 13.2. The maximum Gasteiger partial charge on any atom is 0.253 e. The largest absolute Gasteiger partial charge is 0.396 e. The highest BCUT2D eigenvalue weighted by atomic mass is 19.1. The zero-order valence-corrected chi connectivity index (χ0v) is 10.2. The van der Waals surface area contributed by atoms with Gasteiger partial charge >= 0.3 is 0 Å². The number of likely N-dealkylation sites (N-methyl/N-ethyl adjacent to an activating group) is 1. The molecule has 0 aliphatic rings. The van der Waals surface area contributed by atoms with Gasteiger partial charge in [-0.25, -0.2) is 4.39 Å². The number of nitrogens with zero attached hydrogens (tertiary/aromatic N) is 1. The molecule has 0 heterocycles. The number of nitrogens with two attached hydrogens (primary N) is 1. The van der Waals surface area contributed by atoms with E-state index in [2.05, 4.69) is 0 Å². The van der Waals surface area contributed by atoms with Crippen molar-refractivity contribution in [2.24, 2.45) is 0 Å². The van der Waals surface area contributed by atoms with Gasteiger partial charge in [0, 0.05) is 19.2 Å². The molecule has 0 bridgehead atoms. The summed E-state index contributed by atoms with van der Waals surface area (Å²) in [6, 6.07) is 3.81. The first-order valence-electron chi connectivity index (χ1n) is 5.23. The van der Waals surface area contributed by atoms with E-state index >= 15 is 0 Å². The van der Waals surface area contributed by atoms with E-state index in [1.165, 1.54) is 17.0 Å². The van der Waals surface area contributed by atoms with Gasteiger partial charge in [0.25, 0.3) is 5.91 Å². The number of anilines is 1. The molecule has 1 aromatic rings. The minimum absolute atomic E-state index is 0.0625. The maximum absolute atomic E-state index is 12.9. The summed E-state index contributed by atoms with van der Waals surface area (Å²) in [4.78, 5) is 13.3. The second kappa shape index (κ2) is 4.71. The molecule has 0 fully saturated rings. The Morgan fingerprint density at radius 1 is 1.53 bits per heavy atom. The van der Waals surface area contributed by atoms with Crippen molar-refractivity contribution in [2.75, 3.05) is 19.3 Å². The Morgan fingerprint density at radius 2 is 2.12 bits per heavy atom. The number of halogens is 1. The highest BCUT2D eigenvalue weighted by molar-refractivity contribution is 5.94. The number of carbonyl (C=O) groups is 1. The van der Waals surface area contributed by atoms with Crippen LogP contribution in [0.25, 0.3) is 0 Å². The van der Waals surface area contributed by atoms with Crippen molar-refractivity contribution in [2.45, 2.75) is 19.4 Å². The SMILES string of the molecule is CN(CC(C)(C)O)C(=O)c1ccc(F)c(N)c1. The predicted octanol–water partition coefficient (Wildman–Crippen LogP) is 1.25. The molecule has 0 aromatic heterocycles. The normalized spacial score (nSPS) is 11.4. The summed E-state index contributed by atoms with van der Waals surface area (Å²) in [5.41, 5.74) is 4.65. The van der Waals surface area contributed by atoms with Crippen molar-refractivity contribution < 1.29 is 14.3 Å². The number of carbonyl (C=O) groups excluding carboxylic acids is 1. The van der Waals surface area contributed by atoms with E-state index in [-0.39, 0.29) is 18.1 Å². The van der Waals surface area contributed by atoms with Gasteiger partial charge in [-0.3, -0.25) is 4.79 Å². The summed E-state index contributed by atoms with van der Waals surface area (Å²) in [6.07, 6.45) is 0. The van der Waals surface area contributed by atoms with Gasteiger partial charge in [-0.2, -0.15) is 0 Å². The van der Waals surface area contributed by atoms with Gasteiger partial charge in [0.1, 0.15) is 5.82 Å². The van der Waals surface area contributed by atoms with Crippen LogP contribution in [0.4, 0.5) is 10.1 Å². The fraction of sp³-hybridized carbons (Fsp3) is 0.417. The number of benzene rings is 1. The second-order valence-corrected chi connectivity index (χ2v) is 4.71. The van der Waals surface area contributed by atoms with Crippen LogP contribution in [0, 0.1) is 5.82 Å². The summed E-state index contributed by atoms with van der Waals surface area (Å²) in [7, 11) is 1.57. The van der Waals surface area contributed by atoms with Crippen LogP contribution in [-0.4, -0.2) is 35.1 Å². The fourth-order valence-corrected chi connectivity index (χ4v) is 1.55. The van der Waals surface area contributed by atoms with Crippen LogP contribution in [0.1, 0.15) is 24.2 Å². The Kier molecular flexibility index (Phi) is 3.72. The maximum atomic E-state index is 12.9. The van der Waals surface area contributed by atoms with E-state index in [1.807, 2.05) is 0 Å². The molecule has 0 atom stereocenters. The molecule has 1 aromatic carbocycles.